The zero-order valence-electron chi connectivity index (χ0n) is 13.5. The number of likely N-dealkylation sites (tertiary alicyclic amines) is 1. The molecule has 0 bridgehead atoms. The highest BCUT2D eigenvalue weighted by Crippen LogP contribution is 2.26. The summed E-state index contributed by atoms with van der Waals surface area (Å²) in [5, 5.41) is 9.15. The first kappa shape index (κ1) is 18.1. The van der Waals surface area contributed by atoms with E-state index in [1.54, 1.807) is 24.0 Å². The Kier molecular flexibility index (Phi) is 5.26. The van der Waals surface area contributed by atoms with Crippen molar-refractivity contribution in [2.45, 2.75) is 31.1 Å². The number of nitrogens with zero attached hydrogens (tertiary/aromatic N) is 3. The highest BCUT2D eigenvalue weighted by Gasteiger charge is 2.22. The van der Waals surface area contributed by atoms with Crippen molar-refractivity contribution in [1.29, 1.82) is 0 Å². The largest absolute Gasteiger partial charge is 0.342 e. The minimum absolute atomic E-state index is 0.111. The van der Waals surface area contributed by atoms with Gasteiger partial charge in [-0.15, -0.1) is 10.2 Å². The maximum Gasteiger partial charge on any atom is 0.264 e. The van der Waals surface area contributed by atoms with E-state index in [4.69, 9.17) is 11.6 Å². The van der Waals surface area contributed by atoms with E-state index < -0.39 is 10.0 Å². The molecular weight excluding hydrogens is 384 g/mol. The lowest BCUT2D eigenvalue weighted by Gasteiger charge is -2.13. The monoisotopic (exact) mass is 400 g/mol. The van der Waals surface area contributed by atoms with Crippen LogP contribution in [0.3, 0.4) is 0 Å². The van der Waals surface area contributed by atoms with Gasteiger partial charge in [0.15, 0.2) is 0 Å². The van der Waals surface area contributed by atoms with E-state index in [1.807, 2.05) is 0 Å². The number of hydrogen-bond acceptors (Lipinski definition) is 6. The quantitative estimate of drug-likeness (QED) is 0.804. The normalized spacial score (nSPS) is 15.0. The highest BCUT2D eigenvalue weighted by atomic mass is 35.5. The SMILES string of the molecule is Cc1c(Cl)cccc1S(=O)(=O)Nc1nnc(CCN2CCCC2=O)s1. The second-order valence-electron chi connectivity index (χ2n) is 5.70. The molecule has 0 radical (unpaired) electrons. The predicted molar refractivity (Wildman–Crippen MR) is 96.4 cm³/mol. The molecule has 0 saturated carbocycles. The lowest BCUT2D eigenvalue weighted by molar-refractivity contribution is -0.127. The number of carbonyl (C=O) groups excluding carboxylic acids is 1. The summed E-state index contributed by atoms with van der Waals surface area (Å²) in [5.41, 5.74) is 0.481. The summed E-state index contributed by atoms with van der Waals surface area (Å²) < 4.78 is 27.5. The van der Waals surface area contributed by atoms with Crippen molar-refractivity contribution in [2.24, 2.45) is 0 Å². The molecule has 1 fully saturated rings. The zero-order chi connectivity index (χ0) is 18.0. The van der Waals surface area contributed by atoms with Gasteiger partial charge in [0.1, 0.15) is 5.01 Å². The molecule has 1 aliphatic heterocycles. The molecule has 1 saturated heterocycles. The maximum absolute atomic E-state index is 12.5. The summed E-state index contributed by atoms with van der Waals surface area (Å²) >= 11 is 7.16. The van der Waals surface area contributed by atoms with Gasteiger partial charge in [0, 0.05) is 31.0 Å². The summed E-state index contributed by atoms with van der Waals surface area (Å²) in [5.74, 6) is 0.155. The topological polar surface area (TPSA) is 92.3 Å². The molecule has 2 heterocycles. The van der Waals surface area contributed by atoms with Gasteiger partial charge in [0.05, 0.1) is 4.90 Å². The third-order valence-corrected chi connectivity index (χ3v) is 6.88. The van der Waals surface area contributed by atoms with Gasteiger partial charge in [0.2, 0.25) is 11.0 Å². The summed E-state index contributed by atoms with van der Waals surface area (Å²) in [7, 11) is -3.78. The van der Waals surface area contributed by atoms with Gasteiger partial charge in [-0.3, -0.25) is 9.52 Å². The Hall–Kier alpha value is -1.71. The number of benzene rings is 1. The number of rotatable bonds is 6. The number of halogens is 1. The second kappa shape index (κ2) is 7.27. The number of anilines is 1. The lowest BCUT2D eigenvalue weighted by atomic mass is 10.2. The minimum Gasteiger partial charge on any atom is -0.342 e. The van der Waals surface area contributed by atoms with Crippen LogP contribution in [0.2, 0.25) is 5.02 Å². The van der Waals surface area contributed by atoms with Crippen molar-refractivity contribution in [3.8, 4) is 0 Å². The van der Waals surface area contributed by atoms with Crippen LogP contribution in [0.5, 0.6) is 0 Å². The molecule has 1 N–H and O–H groups in total. The molecule has 1 aromatic carbocycles. The third kappa shape index (κ3) is 4.10. The van der Waals surface area contributed by atoms with Crippen LogP contribution in [0, 0.1) is 6.92 Å². The minimum atomic E-state index is -3.78. The van der Waals surface area contributed by atoms with Crippen LogP contribution in [0.15, 0.2) is 23.1 Å². The molecule has 0 atom stereocenters. The van der Waals surface area contributed by atoms with Gasteiger partial charge >= 0.3 is 0 Å². The van der Waals surface area contributed by atoms with Crippen molar-refractivity contribution in [2.75, 3.05) is 17.8 Å². The van der Waals surface area contributed by atoms with Gasteiger partial charge < -0.3 is 4.90 Å². The first-order valence-electron chi connectivity index (χ1n) is 7.75. The molecule has 1 amide bonds. The van der Waals surface area contributed by atoms with Crippen LogP contribution < -0.4 is 4.72 Å². The number of sulfonamides is 1. The first-order valence-corrected chi connectivity index (χ1v) is 10.4. The van der Waals surface area contributed by atoms with Crippen molar-refractivity contribution in [3.63, 3.8) is 0 Å². The van der Waals surface area contributed by atoms with E-state index in [0.717, 1.165) is 13.0 Å². The number of aromatic nitrogens is 2. The molecule has 134 valence electrons. The van der Waals surface area contributed by atoms with Crippen molar-refractivity contribution in [1.82, 2.24) is 15.1 Å². The van der Waals surface area contributed by atoms with Gasteiger partial charge in [-0.25, -0.2) is 8.42 Å². The summed E-state index contributed by atoms with van der Waals surface area (Å²) in [4.78, 5) is 13.5. The Morgan fingerprint density at radius 1 is 1.36 bits per heavy atom. The van der Waals surface area contributed by atoms with Crippen LogP contribution in [0.25, 0.3) is 0 Å². The van der Waals surface area contributed by atoms with Crippen LogP contribution in [0.1, 0.15) is 23.4 Å². The molecule has 3 rings (SSSR count). The van der Waals surface area contributed by atoms with Crippen LogP contribution >= 0.6 is 22.9 Å². The Morgan fingerprint density at radius 2 is 2.16 bits per heavy atom. The number of carbonyl (C=O) groups is 1. The van der Waals surface area contributed by atoms with Crippen molar-refractivity contribution >= 4 is 44.0 Å². The van der Waals surface area contributed by atoms with E-state index in [9.17, 15) is 13.2 Å². The van der Waals surface area contributed by atoms with Crippen LogP contribution in [0.4, 0.5) is 5.13 Å². The smallest absolute Gasteiger partial charge is 0.264 e. The molecule has 7 nitrogen and oxygen atoms in total. The molecular formula is C15H17ClN4O3S2. The highest BCUT2D eigenvalue weighted by molar-refractivity contribution is 7.93. The number of nitrogens with one attached hydrogen (secondary N) is 1. The van der Waals surface area contributed by atoms with Gasteiger partial charge in [-0.1, -0.05) is 29.0 Å². The molecule has 10 heteroatoms. The van der Waals surface area contributed by atoms with Crippen LogP contribution in [-0.4, -0.2) is 42.5 Å². The Labute approximate surface area is 155 Å². The fraction of sp³-hybridized carbons (Fsp3) is 0.400. The van der Waals surface area contributed by atoms with Crippen LogP contribution in [-0.2, 0) is 21.2 Å². The molecule has 0 spiro atoms. The number of hydrogen-bond donors (Lipinski definition) is 1. The fourth-order valence-corrected chi connectivity index (χ4v) is 5.07. The Balaban J connectivity index is 1.68. The molecule has 0 unspecified atom stereocenters. The van der Waals surface area contributed by atoms with Gasteiger partial charge in [-0.2, -0.15) is 0 Å². The lowest BCUT2D eigenvalue weighted by Crippen LogP contribution is -2.26. The van der Waals surface area contributed by atoms with Gasteiger partial charge in [0.25, 0.3) is 10.0 Å². The second-order valence-corrected chi connectivity index (χ2v) is 8.82. The maximum atomic E-state index is 12.5. The predicted octanol–water partition coefficient (Wildman–Crippen LogP) is 2.47. The van der Waals surface area contributed by atoms with Gasteiger partial charge in [-0.05, 0) is 31.0 Å². The summed E-state index contributed by atoms with van der Waals surface area (Å²) in [6, 6.07) is 4.71. The molecule has 25 heavy (non-hydrogen) atoms. The zero-order valence-corrected chi connectivity index (χ0v) is 15.9. The first-order chi connectivity index (χ1) is 11.9. The fourth-order valence-electron chi connectivity index (χ4n) is 2.62. The van der Waals surface area contributed by atoms with E-state index in [-0.39, 0.29) is 15.9 Å². The van der Waals surface area contributed by atoms with E-state index in [0.29, 0.717) is 35.0 Å². The number of amides is 1. The molecule has 0 aliphatic carbocycles. The molecule has 2 aromatic rings. The average molecular weight is 401 g/mol. The molecule has 1 aromatic heterocycles. The van der Waals surface area contributed by atoms with Crippen molar-refractivity contribution < 1.29 is 13.2 Å². The average Bonchev–Trinajstić information content (AvgIpc) is 3.16. The summed E-state index contributed by atoms with van der Waals surface area (Å²) in [6.45, 7) is 2.99. The van der Waals surface area contributed by atoms with E-state index in [2.05, 4.69) is 14.9 Å². The summed E-state index contributed by atoms with van der Waals surface area (Å²) in [6.07, 6.45) is 2.04. The van der Waals surface area contributed by atoms with E-state index in [1.165, 1.54) is 17.4 Å². The van der Waals surface area contributed by atoms with E-state index >= 15 is 0 Å². The third-order valence-electron chi connectivity index (χ3n) is 3.96. The standard InChI is InChI=1S/C15H17ClN4O3S2/c1-10-11(16)4-2-5-12(10)25(22,23)19-15-18-17-13(24-15)7-9-20-8-3-6-14(20)21/h2,4-5H,3,6-9H2,1H3,(H,18,19). The Bertz CT molecular complexity index is 898. The Morgan fingerprint density at radius 3 is 2.88 bits per heavy atom. The molecule has 1 aliphatic rings. The van der Waals surface area contributed by atoms with Crippen molar-refractivity contribution in [3.05, 3.63) is 33.8 Å².